The fourth-order valence-corrected chi connectivity index (χ4v) is 5.23. The van der Waals surface area contributed by atoms with Crippen molar-refractivity contribution in [2.24, 2.45) is 13.0 Å². The lowest BCUT2D eigenvalue weighted by atomic mass is 9.86. The van der Waals surface area contributed by atoms with Gasteiger partial charge in [-0.25, -0.2) is 9.97 Å². The molecule has 0 amide bonds. The van der Waals surface area contributed by atoms with Gasteiger partial charge in [-0.05, 0) is 54.7 Å². The average molecular weight is 501 g/mol. The number of aryl methyl sites for hydroxylation is 4. The number of hydrogen-bond donors (Lipinski definition) is 1. The minimum atomic E-state index is 0.0725. The summed E-state index contributed by atoms with van der Waals surface area (Å²) in [5.74, 6) is 3.46. The summed E-state index contributed by atoms with van der Waals surface area (Å²) < 4.78 is 4.30. The number of fused-ring (bicyclic) bond motifs is 1. The predicted octanol–water partition coefficient (Wildman–Crippen LogP) is 5.78. The molecule has 4 aromatic rings. The molecule has 1 aliphatic rings. The van der Waals surface area contributed by atoms with Gasteiger partial charge in [0.05, 0.1) is 6.33 Å². The molecule has 4 heterocycles. The first-order chi connectivity index (χ1) is 17.7. The maximum atomic E-state index is 5.05. The molecule has 0 radical (unpaired) electrons. The van der Waals surface area contributed by atoms with E-state index in [0.29, 0.717) is 5.92 Å². The molecule has 1 N–H and O–H groups in total. The standard InChI is InChI=1S/C29H40N8/c1-7-24-30-13-17-36(24)14-10-21-11-15-37(16-12-21)28-33-26-25(35(6)19-31-26)27(34-28)32-23-18-22(29(3,4)5)9-8-20(23)2/h8-9,13,17-19,21H,7,10-12,14-16H2,1-6H3,(H,32,33,34). The number of benzene rings is 1. The highest BCUT2D eigenvalue weighted by atomic mass is 15.3. The molecular weight excluding hydrogens is 460 g/mol. The molecule has 8 heteroatoms. The van der Waals surface area contributed by atoms with Crippen LogP contribution in [0.15, 0.2) is 36.9 Å². The number of anilines is 3. The summed E-state index contributed by atoms with van der Waals surface area (Å²) in [6.07, 6.45) is 10.3. The van der Waals surface area contributed by atoms with Crippen LogP contribution in [0.3, 0.4) is 0 Å². The van der Waals surface area contributed by atoms with Crippen molar-refractivity contribution in [3.05, 3.63) is 53.9 Å². The second-order valence-corrected chi connectivity index (χ2v) is 11.4. The van der Waals surface area contributed by atoms with Crippen LogP contribution >= 0.6 is 0 Å². The zero-order valence-electron chi connectivity index (χ0n) is 23.1. The molecule has 196 valence electrons. The lowest BCUT2D eigenvalue weighted by Gasteiger charge is -2.32. The molecule has 0 aliphatic carbocycles. The Morgan fingerprint density at radius 1 is 1.08 bits per heavy atom. The maximum absolute atomic E-state index is 5.05. The number of rotatable bonds is 7. The molecule has 5 rings (SSSR count). The molecule has 0 spiro atoms. The van der Waals surface area contributed by atoms with E-state index in [9.17, 15) is 0 Å². The van der Waals surface area contributed by atoms with Crippen molar-refractivity contribution in [2.75, 3.05) is 23.3 Å². The van der Waals surface area contributed by atoms with E-state index in [4.69, 9.17) is 9.97 Å². The van der Waals surface area contributed by atoms with Crippen molar-refractivity contribution in [3.8, 4) is 0 Å². The Balaban J connectivity index is 1.34. The van der Waals surface area contributed by atoms with Crippen molar-refractivity contribution in [3.63, 3.8) is 0 Å². The van der Waals surface area contributed by atoms with Gasteiger partial charge < -0.3 is 19.4 Å². The summed E-state index contributed by atoms with van der Waals surface area (Å²) in [4.78, 5) is 21.3. The Kier molecular flexibility index (Phi) is 6.92. The van der Waals surface area contributed by atoms with E-state index >= 15 is 0 Å². The van der Waals surface area contributed by atoms with Gasteiger partial charge in [-0.15, -0.1) is 0 Å². The van der Waals surface area contributed by atoms with Crippen molar-refractivity contribution >= 4 is 28.6 Å². The van der Waals surface area contributed by atoms with Crippen LogP contribution in [0.25, 0.3) is 11.2 Å². The highest BCUT2D eigenvalue weighted by molar-refractivity contribution is 5.87. The third kappa shape index (κ3) is 5.33. The third-order valence-electron chi connectivity index (χ3n) is 7.71. The average Bonchev–Trinajstić information content (AvgIpc) is 3.50. The highest BCUT2D eigenvalue weighted by Crippen LogP contribution is 2.32. The van der Waals surface area contributed by atoms with Gasteiger partial charge in [-0.2, -0.15) is 9.97 Å². The molecular formula is C29H40N8. The molecule has 37 heavy (non-hydrogen) atoms. The van der Waals surface area contributed by atoms with Crippen LogP contribution in [-0.2, 0) is 25.4 Å². The first-order valence-corrected chi connectivity index (χ1v) is 13.5. The van der Waals surface area contributed by atoms with E-state index in [1.165, 1.54) is 23.4 Å². The number of nitrogens with one attached hydrogen (secondary N) is 1. The smallest absolute Gasteiger partial charge is 0.229 e. The lowest BCUT2D eigenvalue weighted by molar-refractivity contribution is 0.357. The first kappa shape index (κ1) is 25.2. The van der Waals surface area contributed by atoms with Gasteiger partial charge in [-0.3, -0.25) is 0 Å². The molecule has 1 aliphatic heterocycles. The Morgan fingerprint density at radius 2 is 1.86 bits per heavy atom. The van der Waals surface area contributed by atoms with E-state index in [2.05, 4.69) is 83.8 Å². The normalized spacial score (nSPS) is 15.0. The molecule has 1 saturated heterocycles. The van der Waals surface area contributed by atoms with E-state index in [-0.39, 0.29) is 5.41 Å². The monoisotopic (exact) mass is 500 g/mol. The summed E-state index contributed by atoms with van der Waals surface area (Å²) in [5.41, 5.74) is 5.28. The van der Waals surface area contributed by atoms with Crippen LogP contribution in [0.4, 0.5) is 17.5 Å². The van der Waals surface area contributed by atoms with Crippen molar-refractivity contribution in [2.45, 2.75) is 72.3 Å². The van der Waals surface area contributed by atoms with Crippen LogP contribution in [-0.4, -0.2) is 42.2 Å². The Hall–Kier alpha value is -3.42. The van der Waals surface area contributed by atoms with E-state index in [1.54, 1.807) is 0 Å². The molecule has 3 aromatic heterocycles. The maximum Gasteiger partial charge on any atom is 0.229 e. The second kappa shape index (κ2) is 10.1. The van der Waals surface area contributed by atoms with Gasteiger partial charge in [0.15, 0.2) is 11.5 Å². The third-order valence-corrected chi connectivity index (χ3v) is 7.71. The van der Waals surface area contributed by atoms with E-state index in [1.807, 2.05) is 24.1 Å². The van der Waals surface area contributed by atoms with Gasteiger partial charge in [0.2, 0.25) is 5.95 Å². The van der Waals surface area contributed by atoms with Crippen LogP contribution in [0.5, 0.6) is 0 Å². The Bertz CT molecular complexity index is 1370. The number of aromatic nitrogens is 6. The zero-order valence-corrected chi connectivity index (χ0v) is 23.1. The van der Waals surface area contributed by atoms with Crippen molar-refractivity contribution in [1.29, 1.82) is 0 Å². The predicted molar refractivity (Wildman–Crippen MR) is 151 cm³/mol. The molecule has 0 saturated carbocycles. The second-order valence-electron chi connectivity index (χ2n) is 11.4. The van der Waals surface area contributed by atoms with Crippen LogP contribution in [0.2, 0.25) is 0 Å². The fourth-order valence-electron chi connectivity index (χ4n) is 5.23. The Labute approximate surface area is 220 Å². The Morgan fingerprint density at radius 3 is 2.59 bits per heavy atom. The van der Waals surface area contributed by atoms with Crippen molar-refractivity contribution < 1.29 is 0 Å². The van der Waals surface area contributed by atoms with Gasteiger partial charge in [0.1, 0.15) is 11.3 Å². The van der Waals surface area contributed by atoms with E-state index in [0.717, 1.165) is 67.5 Å². The van der Waals surface area contributed by atoms with Crippen LogP contribution < -0.4 is 10.2 Å². The van der Waals surface area contributed by atoms with Gasteiger partial charge in [0, 0.05) is 51.2 Å². The summed E-state index contributed by atoms with van der Waals surface area (Å²) in [5, 5.41) is 3.64. The van der Waals surface area contributed by atoms with Crippen LogP contribution in [0.1, 0.15) is 63.9 Å². The summed E-state index contributed by atoms with van der Waals surface area (Å²) in [6.45, 7) is 14.0. The quantitative estimate of drug-likeness (QED) is 0.347. The topological polar surface area (TPSA) is 76.7 Å². The van der Waals surface area contributed by atoms with Crippen LogP contribution in [0, 0.1) is 12.8 Å². The zero-order chi connectivity index (χ0) is 26.2. The molecule has 0 bridgehead atoms. The number of hydrogen-bond acceptors (Lipinski definition) is 6. The number of piperidine rings is 1. The largest absolute Gasteiger partial charge is 0.341 e. The first-order valence-electron chi connectivity index (χ1n) is 13.5. The van der Waals surface area contributed by atoms with Gasteiger partial charge in [0.25, 0.3) is 0 Å². The SMILES string of the molecule is CCc1nccn1CCC1CCN(c2nc(Nc3cc(C(C)(C)C)ccc3C)c3c(ncn3C)n2)CC1. The fraction of sp³-hybridized carbons (Fsp3) is 0.517. The summed E-state index contributed by atoms with van der Waals surface area (Å²) in [7, 11) is 2.00. The van der Waals surface area contributed by atoms with E-state index < -0.39 is 0 Å². The molecule has 8 nitrogen and oxygen atoms in total. The lowest BCUT2D eigenvalue weighted by Crippen LogP contribution is -2.35. The molecule has 0 unspecified atom stereocenters. The molecule has 0 atom stereocenters. The summed E-state index contributed by atoms with van der Waals surface area (Å²) in [6, 6.07) is 6.64. The van der Waals surface area contributed by atoms with Gasteiger partial charge in [-0.1, -0.05) is 39.8 Å². The highest BCUT2D eigenvalue weighted by Gasteiger charge is 2.24. The molecule has 1 fully saturated rings. The van der Waals surface area contributed by atoms with Gasteiger partial charge >= 0.3 is 0 Å². The number of nitrogens with zero attached hydrogens (tertiary/aromatic N) is 7. The minimum Gasteiger partial charge on any atom is -0.341 e. The van der Waals surface area contributed by atoms with Crippen molar-refractivity contribution in [1.82, 2.24) is 29.1 Å². The number of imidazole rings is 2. The summed E-state index contributed by atoms with van der Waals surface area (Å²) >= 11 is 0. The minimum absolute atomic E-state index is 0.0725. The molecule has 1 aromatic carbocycles.